The molecule has 2 heterocycles. The molecule has 0 aliphatic carbocycles. The summed E-state index contributed by atoms with van der Waals surface area (Å²) < 4.78 is 0. The summed E-state index contributed by atoms with van der Waals surface area (Å²) in [6.07, 6.45) is 1.82. The highest BCUT2D eigenvalue weighted by molar-refractivity contribution is 14.0. The molecule has 0 fully saturated rings. The summed E-state index contributed by atoms with van der Waals surface area (Å²) >= 11 is 0. The van der Waals surface area contributed by atoms with E-state index in [-0.39, 0.29) is 24.0 Å². The predicted octanol–water partition coefficient (Wildman–Crippen LogP) is 2.76. The van der Waals surface area contributed by atoms with Crippen LogP contribution in [-0.4, -0.2) is 36.0 Å². The molecular weight excluding hydrogens is 375 g/mol. The third kappa shape index (κ3) is 3.93. The number of likely N-dealkylation sites (N-methyl/N-ethyl adjacent to an activating group) is 1. The molecule has 0 atom stereocenters. The Morgan fingerprint density at radius 3 is 2.81 bits per heavy atom. The number of benzene rings is 1. The second kappa shape index (κ2) is 7.40. The van der Waals surface area contributed by atoms with E-state index in [4.69, 9.17) is 0 Å². The minimum absolute atomic E-state index is 0. The van der Waals surface area contributed by atoms with Crippen molar-refractivity contribution in [3.63, 3.8) is 0 Å². The van der Waals surface area contributed by atoms with Crippen LogP contribution in [0, 0.1) is 0 Å². The minimum Gasteiger partial charge on any atom is -0.352 e. The number of pyridine rings is 1. The van der Waals surface area contributed by atoms with E-state index in [0.29, 0.717) is 0 Å². The Morgan fingerprint density at radius 1 is 1.19 bits per heavy atom. The third-order valence-electron chi connectivity index (χ3n) is 3.40. The summed E-state index contributed by atoms with van der Waals surface area (Å²) in [6.45, 7) is 2.66. The molecular formula is C16H19IN4. The summed E-state index contributed by atoms with van der Waals surface area (Å²) in [4.78, 5) is 11.0. The van der Waals surface area contributed by atoms with Crippen LogP contribution in [0.2, 0.25) is 0 Å². The molecule has 0 radical (unpaired) electrons. The lowest BCUT2D eigenvalue weighted by molar-refractivity contribution is 0.534. The van der Waals surface area contributed by atoms with Gasteiger partial charge in [-0.1, -0.05) is 24.3 Å². The Labute approximate surface area is 142 Å². The molecule has 3 rings (SSSR count). The van der Waals surface area contributed by atoms with Crippen LogP contribution in [0.3, 0.4) is 0 Å². The SMILES string of the molecule is CN1CCN=C1NCc1cccc(-c2ccccn2)c1.I. The molecule has 1 aliphatic heterocycles. The molecule has 1 aromatic heterocycles. The van der Waals surface area contributed by atoms with Gasteiger partial charge in [0.2, 0.25) is 0 Å². The van der Waals surface area contributed by atoms with E-state index in [9.17, 15) is 0 Å². The number of nitrogens with one attached hydrogen (secondary N) is 1. The van der Waals surface area contributed by atoms with E-state index in [1.807, 2.05) is 24.4 Å². The van der Waals surface area contributed by atoms with E-state index in [1.165, 1.54) is 5.56 Å². The van der Waals surface area contributed by atoms with E-state index >= 15 is 0 Å². The van der Waals surface area contributed by atoms with Crippen molar-refractivity contribution in [2.24, 2.45) is 4.99 Å². The zero-order valence-corrected chi connectivity index (χ0v) is 14.3. The highest BCUT2D eigenvalue weighted by atomic mass is 127. The van der Waals surface area contributed by atoms with Crippen LogP contribution in [0.1, 0.15) is 5.56 Å². The zero-order valence-electron chi connectivity index (χ0n) is 12.0. The third-order valence-corrected chi connectivity index (χ3v) is 3.40. The van der Waals surface area contributed by atoms with Gasteiger partial charge in [0.25, 0.3) is 0 Å². The number of aliphatic imine (C=N–C) groups is 1. The normalized spacial score (nSPS) is 13.6. The van der Waals surface area contributed by atoms with Crippen molar-refractivity contribution >= 4 is 29.9 Å². The van der Waals surface area contributed by atoms with Crippen LogP contribution in [0.15, 0.2) is 53.7 Å². The van der Waals surface area contributed by atoms with Crippen molar-refractivity contribution in [1.29, 1.82) is 0 Å². The van der Waals surface area contributed by atoms with Crippen LogP contribution in [-0.2, 0) is 6.54 Å². The predicted molar refractivity (Wildman–Crippen MR) is 96.9 cm³/mol. The average molecular weight is 394 g/mol. The molecule has 0 spiro atoms. The molecule has 0 saturated carbocycles. The number of hydrogen-bond donors (Lipinski definition) is 1. The fourth-order valence-corrected chi connectivity index (χ4v) is 2.28. The molecule has 0 unspecified atom stereocenters. The average Bonchev–Trinajstić information content (AvgIpc) is 2.92. The van der Waals surface area contributed by atoms with Crippen molar-refractivity contribution in [1.82, 2.24) is 15.2 Å². The van der Waals surface area contributed by atoms with Crippen molar-refractivity contribution in [3.8, 4) is 11.3 Å². The highest BCUT2D eigenvalue weighted by Gasteiger charge is 2.11. The lowest BCUT2D eigenvalue weighted by atomic mass is 10.1. The van der Waals surface area contributed by atoms with E-state index in [2.05, 4.69) is 51.5 Å². The van der Waals surface area contributed by atoms with Gasteiger partial charge in [0.1, 0.15) is 0 Å². The van der Waals surface area contributed by atoms with Gasteiger partial charge < -0.3 is 10.2 Å². The van der Waals surface area contributed by atoms with Crippen LogP contribution in [0.25, 0.3) is 11.3 Å². The van der Waals surface area contributed by atoms with Crippen LogP contribution >= 0.6 is 24.0 Å². The molecule has 110 valence electrons. The summed E-state index contributed by atoms with van der Waals surface area (Å²) in [5.74, 6) is 0.980. The van der Waals surface area contributed by atoms with E-state index in [1.54, 1.807) is 0 Å². The molecule has 21 heavy (non-hydrogen) atoms. The number of aromatic nitrogens is 1. The fourth-order valence-electron chi connectivity index (χ4n) is 2.28. The van der Waals surface area contributed by atoms with E-state index < -0.39 is 0 Å². The van der Waals surface area contributed by atoms with E-state index in [0.717, 1.165) is 36.9 Å². The van der Waals surface area contributed by atoms with Gasteiger partial charge in [0.05, 0.1) is 12.2 Å². The minimum atomic E-state index is 0. The molecule has 2 aromatic rings. The molecule has 1 aliphatic rings. The summed E-state index contributed by atoms with van der Waals surface area (Å²) in [7, 11) is 2.06. The maximum atomic E-state index is 4.43. The first-order valence-electron chi connectivity index (χ1n) is 6.83. The first-order chi connectivity index (χ1) is 9.83. The van der Waals surface area contributed by atoms with Crippen molar-refractivity contribution in [2.75, 3.05) is 20.1 Å². The Bertz CT molecular complexity index is 613. The summed E-state index contributed by atoms with van der Waals surface area (Å²) in [5.41, 5.74) is 3.38. The molecule has 5 heteroatoms. The fraction of sp³-hybridized carbons (Fsp3) is 0.250. The van der Waals surface area contributed by atoms with Gasteiger partial charge in [-0.15, -0.1) is 24.0 Å². The van der Waals surface area contributed by atoms with Gasteiger partial charge >= 0.3 is 0 Å². The summed E-state index contributed by atoms with van der Waals surface area (Å²) in [6, 6.07) is 14.4. The topological polar surface area (TPSA) is 40.5 Å². The molecule has 0 amide bonds. The Morgan fingerprint density at radius 2 is 2.10 bits per heavy atom. The Balaban J connectivity index is 0.00000161. The second-order valence-electron chi connectivity index (χ2n) is 4.90. The highest BCUT2D eigenvalue weighted by Crippen LogP contribution is 2.17. The lowest BCUT2D eigenvalue weighted by Gasteiger charge is -2.15. The van der Waals surface area contributed by atoms with Crippen molar-refractivity contribution in [2.45, 2.75) is 6.54 Å². The maximum Gasteiger partial charge on any atom is 0.194 e. The number of halogens is 1. The quantitative estimate of drug-likeness (QED) is 0.815. The first-order valence-corrected chi connectivity index (χ1v) is 6.83. The van der Waals surface area contributed by atoms with Crippen LogP contribution in [0.4, 0.5) is 0 Å². The van der Waals surface area contributed by atoms with Gasteiger partial charge in [-0.3, -0.25) is 9.98 Å². The van der Waals surface area contributed by atoms with Crippen molar-refractivity contribution in [3.05, 3.63) is 54.2 Å². The standard InChI is InChI=1S/C16H18N4.HI/c1-20-10-9-18-16(20)19-12-13-5-4-6-14(11-13)15-7-2-3-8-17-15;/h2-8,11H,9-10,12H2,1H3,(H,18,19);1H. The smallest absolute Gasteiger partial charge is 0.194 e. The van der Waals surface area contributed by atoms with Gasteiger partial charge in [-0.05, 0) is 23.8 Å². The van der Waals surface area contributed by atoms with Gasteiger partial charge in [-0.2, -0.15) is 0 Å². The molecule has 1 aromatic carbocycles. The number of hydrogen-bond acceptors (Lipinski definition) is 4. The van der Waals surface area contributed by atoms with Gasteiger partial charge in [0, 0.05) is 31.9 Å². The molecule has 0 saturated heterocycles. The second-order valence-corrected chi connectivity index (χ2v) is 4.90. The lowest BCUT2D eigenvalue weighted by Crippen LogP contribution is -2.35. The zero-order chi connectivity index (χ0) is 13.8. The van der Waals surface area contributed by atoms with Gasteiger partial charge in [0.15, 0.2) is 5.96 Å². The number of guanidine groups is 1. The monoisotopic (exact) mass is 394 g/mol. The molecule has 0 bridgehead atoms. The largest absolute Gasteiger partial charge is 0.352 e. The van der Waals surface area contributed by atoms with Gasteiger partial charge in [-0.25, -0.2) is 0 Å². The van der Waals surface area contributed by atoms with Crippen LogP contribution in [0.5, 0.6) is 0 Å². The van der Waals surface area contributed by atoms with Crippen LogP contribution < -0.4 is 5.32 Å². The Hall–Kier alpha value is -1.63. The molecule has 4 nitrogen and oxygen atoms in total. The number of nitrogens with zero attached hydrogens (tertiary/aromatic N) is 3. The maximum absolute atomic E-state index is 4.43. The Kier molecular flexibility index (Phi) is 5.55. The number of rotatable bonds is 3. The molecule has 1 N–H and O–H groups in total. The van der Waals surface area contributed by atoms with Crippen molar-refractivity contribution < 1.29 is 0 Å². The first kappa shape index (κ1) is 15.8. The summed E-state index contributed by atoms with van der Waals surface area (Å²) in [5, 5.41) is 3.38.